The molecule has 0 rings (SSSR count). The Hall–Kier alpha value is 2.45. The Morgan fingerprint density at radius 3 is 1.00 bits per heavy atom. The van der Waals surface area contributed by atoms with Crippen LogP contribution in [0.5, 0.6) is 0 Å². The molecule has 0 fully saturated rings. The third kappa shape index (κ3) is 8.82. The average molecular weight is 455 g/mol. The first kappa shape index (κ1) is 31.9. The van der Waals surface area contributed by atoms with Gasteiger partial charge >= 0.3 is 0 Å². The van der Waals surface area contributed by atoms with E-state index in [0.29, 0.717) is 0 Å². The maximum absolute atomic E-state index is 0. The molecule has 0 aliphatic heterocycles. The van der Waals surface area contributed by atoms with E-state index in [-0.39, 0.29) is 77.1 Å². The van der Waals surface area contributed by atoms with Crippen LogP contribution in [0.25, 0.3) is 0 Å². The molecule has 1 radical (unpaired) electrons. The van der Waals surface area contributed by atoms with Gasteiger partial charge in [0.05, 0.1) is 0 Å². The normalized spacial score (nSPS) is 0. The third-order valence-corrected chi connectivity index (χ3v) is 0. The summed E-state index contributed by atoms with van der Waals surface area (Å²) in [6.07, 6.45) is 0. The summed E-state index contributed by atoms with van der Waals surface area (Å²) in [5.74, 6) is 0. The van der Waals surface area contributed by atoms with E-state index in [1.807, 2.05) is 0 Å². The molecule has 0 bridgehead atoms. The van der Waals surface area contributed by atoms with Gasteiger partial charge in [0.15, 0.2) is 0 Å². The van der Waals surface area contributed by atoms with Gasteiger partial charge in [-0.05, 0) is 0 Å². The Bertz CT molecular complexity index is 8.00. The minimum absolute atomic E-state index is 0. The summed E-state index contributed by atoms with van der Waals surface area (Å²) in [5, 5.41) is 0. The predicted octanol–water partition coefficient (Wildman–Crippen LogP) is -0.0100. The molecule has 0 heterocycles. The zero-order valence-electron chi connectivity index (χ0n) is 1.36. The maximum Gasteiger partial charge on any atom is 0 e. The van der Waals surface area contributed by atoms with Gasteiger partial charge in [-0.1, -0.05) is 0 Å². The van der Waals surface area contributed by atoms with Crippen molar-refractivity contribution in [3.63, 3.8) is 0 Å². The molecule has 0 amide bonds. The van der Waals surface area contributed by atoms with Crippen molar-refractivity contribution < 1.29 is 77.1 Å². The fourth-order valence-corrected chi connectivity index (χ4v) is 0. The van der Waals surface area contributed by atoms with Crippen LogP contribution in [0.3, 0.4) is 0 Å². The van der Waals surface area contributed by atoms with Gasteiger partial charge in [0.2, 0.25) is 0 Å². The second-order valence-corrected chi connectivity index (χ2v) is 0. The Kier molecular flexibility index (Phi) is 143. The van der Waals surface area contributed by atoms with E-state index in [0.717, 1.165) is 0 Å². The van der Waals surface area contributed by atoms with Crippen LogP contribution in [0.2, 0.25) is 0 Å². The molecule has 0 spiro atoms. The van der Waals surface area contributed by atoms with Crippen LogP contribution in [-0.4, -0.2) is 0 Å². The summed E-state index contributed by atoms with van der Waals surface area (Å²) in [7, 11) is 0. The van der Waals surface area contributed by atoms with E-state index in [4.69, 9.17) is 0 Å². The maximum atomic E-state index is 0. The molecule has 0 aromatic rings. The summed E-state index contributed by atoms with van der Waals surface area (Å²) in [4.78, 5) is 0. The largest absolute Gasteiger partial charge is 0 e. The van der Waals surface area contributed by atoms with Crippen molar-refractivity contribution in [3.8, 4) is 0 Å². The van der Waals surface area contributed by atoms with Crippen molar-refractivity contribution in [1.29, 1.82) is 0 Å². The Labute approximate surface area is 76.1 Å². The van der Waals surface area contributed by atoms with Crippen molar-refractivity contribution in [2.45, 2.75) is 0 Å². The Balaban J connectivity index is 0. The molecule has 0 unspecified atom stereocenters. The number of hydrogen-bond acceptors (Lipinski definition) is 0. The van der Waals surface area contributed by atoms with Gasteiger partial charge in [-0.2, -0.15) is 0 Å². The first-order valence-corrected chi connectivity index (χ1v) is 0. The summed E-state index contributed by atoms with van der Waals surface area (Å²) < 4.78 is 0. The van der Waals surface area contributed by atoms with Gasteiger partial charge in [-0.3, -0.25) is 0 Å². The molecule has 4 heteroatoms. The van der Waals surface area contributed by atoms with E-state index in [2.05, 4.69) is 0 Å². The van der Waals surface area contributed by atoms with Crippen molar-refractivity contribution in [3.05, 3.63) is 0 Å². The molecule has 0 aromatic carbocycles. The molecular weight excluding hydrogens is 455 g/mol. The molecular formula is FePtRhRu. The van der Waals surface area contributed by atoms with Gasteiger partial charge in [-0.25, -0.2) is 0 Å². The minimum Gasteiger partial charge on any atom is 0 e. The molecule has 0 N–H and O–H groups in total. The fraction of sp³-hybridized carbons (Fsp3) is 0. The van der Waals surface area contributed by atoms with Crippen LogP contribution in [0.1, 0.15) is 0 Å². The first-order chi connectivity index (χ1) is 0. The molecule has 4 heavy (non-hydrogen) atoms. The zero-order chi connectivity index (χ0) is 0. The predicted molar refractivity (Wildman–Crippen MR) is 0 cm³/mol. The van der Waals surface area contributed by atoms with Gasteiger partial charge < -0.3 is 0 Å². The molecule has 0 aliphatic carbocycles. The monoisotopic (exact) mass is 456 g/mol. The van der Waals surface area contributed by atoms with E-state index in [1.54, 1.807) is 0 Å². The van der Waals surface area contributed by atoms with E-state index in [9.17, 15) is 0 Å². The molecule has 0 nitrogen and oxygen atoms in total. The summed E-state index contributed by atoms with van der Waals surface area (Å²) in [6, 6.07) is 0. The molecule has 0 saturated heterocycles. The fourth-order valence-electron chi connectivity index (χ4n) is 0. The summed E-state index contributed by atoms with van der Waals surface area (Å²) >= 11 is 0. The van der Waals surface area contributed by atoms with Crippen LogP contribution in [0, 0.1) is 0 Å². The Morgan fingerprint density at radius 1 is 1.00 bits per heavy atom. The van der Waals surface area contributed by atoms with Gasteiger partial charge in [0.1, 0.15) is 0 Å². The number of hydrogen-bond donors (Lipinski definition) is 0. The molecule has 0 aromatic heterocycles. The number of rotatable bonds is 0. The van der Waals surface area contributed by atoms with E-state index < -0.39 is 0 Å². The van der Waals surface area contributed by atoms with E-state index >= 15 is 0 Å². The molecule has 35 valence electrons. The first-order valence-electron chi connectivity index (χ1n) is 0. The van der Waals surface area contributed by atoms with E-state index in [1.165, 1.54) is 0 Å². The summed E-state index contributed by atoms with van der Waals surface area (Å²) in [5.41, 5.74) is 0. The third-order valence-electron chi connectivity index (χ3n) is 0. The standard InChI is InChI=1S/Fe.Pt.Rh.Ru. The molecule has 0 aliphatic rings. The van der Waals surface area contributed by atoms with Crippen molar-refractivity contribution >= 4 is 0 Å². The van der Waals surface area contributed by atoms with Crippen molar-refractivity contribution in [2.24, 2.45) is 0 Å². The van der Waals surface area contributed by atoms with Gasteiger partial charge in [0.25, 0.3) is 0 Å². The van der Waals surface area contributed by atoms with Crippen molar-refractivity contribution in [2.75, 3.05) is 0 Å². The van der Waals surface area contributed by atoms with Crippen LogP contribution >= 0.6 is 0 Å². The molecule has 0 atom stereocenters. The van der Waals surface area contributed by atoms with Gasteiger partial charge in [-0.15, -0.1) is 0 Å². The Morgan fingerprint density at radius 2 is 1.00 bits per heavy atom. The summed E-state index contributed by atoms with van der Waals surface area (Å²) in [6.45, 7) is 0. The van der Waals surface area contributed by atoms with Crippen LogP contribution in [0.15, 0.2) is 0 Å². The smallest absolute Gasteiger partial charge is 0 e. The van der Waals surface area contributed by atoms with Crippen LogP contribution in [0.4, 0.5) is 0 Å². The molecule has 0 saturated carbocycles. The second kappa shape index (κ2) is 18.0. The minimum atomic E-state index is 0. The SMILES string of the molecule is [Fe].[Pt].[Rh].[Ru]. The van der Waals surface area contributed by atoms with Crippen LogP contribution in [-0.2, 0) is 77.1 Å². The zero-order valence-corrected chi connectivity index (χ0v) is 8.11. The van der Waals surface area contributed by atoms with Crippen molar-refractivity contribution in [1.82, 2.24) is 0 Å². The average Bonchev–Trinajstić information content (AvgIpc) is 0. The topological polar surface area (TPSA) is 0 Å². The van der Waals surface area contributed by atoms with Gasteiger partial charge in [0, 0.05) is 77.1 Å². The second-order valence-electron chi connectivity index (χ2n) is 0. The quantitative estimate of drug-likeness (QED) is 0.452. The van der Waals surface area contributed by atoms with Crippen LogP contribution < -0.4 is 0 Å².